The predicted octanol–water partition coefficient (Wildman–Crippen LogP) is 5.14. The molecule has 184 valence electrons. The Morgan fingerprint density at radius 1 is 0.917 bits per heavy atom. The minimum atomic E-state index is -0.517. The van der Waals surface area contributed by atoms with Crippen LogP contribution in [0.4, 0.5) is 16.3 Å². The first-order valence-corrected chi connectivity index (χ1v) is 11.8. The molecule has 0 saturated heterocycles. The SMILES string of the molecule is O=C(Cc1ccc(-n2nc(-c3ccccc3)cc2NC(=O)Nc2cccc(Cl)c2Cl)cc1)NCCO. The molecule has 4 aromatic rings. The maximum atomic E-state index is 12.8. The van der Waals surface area contributed by atoms with E-state index in [1.165, 1.54) is 0 Å². The zero-order valence-corrected chi connectivity index (χ0v) is 20.6. The molecule has 3 amide bonds. The van der Waals surface area contributed by atoms with Gasteiger partial charge < -0.3 is 15.7 Å². The van der Waals surface area contributed by atoms with Crippen LogP contribution in [0.15, 0.2) is 78.9 Å². The van der Waals surface area contributed by atoms with Gasteiger partial charge in [-0.15, -0.1) is 0 Å². The Labute approximate surface area is 217 Å². The summed E-state index contributed by atoms with van der Waals surface area (Å²) < 4.78 is 1.61. The van der Waals surface area contributed by atoms with E-state index in [1.54, 1.807) is 28.9 Å². The molecule has 4 rings (SSSR count). The lowest BCUT2D eigenvalue weighted by molar-refractivity contribution is -0.120. The number of aromatic nitrogens is 2. The van der Waals surface area contributed by atoms with E-state index in [4.69, 9.17) is 33.4 Å². The van der Waals surface area contributed by atoms with Gasteiger partial charge in [-0.3, -0.25) is 10.1 Å². The van der Waals surface area contributed by atoms with Gasteiger partial charge in [-0.05, 0) is 29.8 Å². The third-order valence-corrected chi connectivity index (χ3v) is 6.02. The molecule has 0 aliphatic rings. The number of urea groups is 1. The minimum absolute atomic E-state index is 0.111. The number of carbonyl (C=O) groups excluding carboxylic acids is 2. The molecule has 0 saturated carbocycles. The van der Waals surface area contributed by atoms with Gasteiger partial charge >= 0.3 is 6.03 Å². The van der Waals surface area contributed by atoms with E-state index < -0.39 is 6.03 Å². The van der Waals surface area contributed by atoms with Gasteiger partial charge in [0.05, 0.1) is 40.1 Å². The molecule has 0 unspecified atom stereocenters. The lowest BCUT2D eigenvalue weighted by Gasteiger charge is -2.12. The van der Waals surface area contributed by atoms with Crippen molar-refractivity contribution in [3.05, 3.63) is 94.5 Å². The van der Waals surface area contributed by atoms with Gasteiger partial charge in [0.1, 0.15) is 5.82 Å². The molecular formula is C26H23Cl2N5O3. The van der Waals surface area contributed by atoms with E-state index in [0.717, 1.165) is 11.1 Å². The quantitative estimate of drug-likeness (QED) is 0.256. The average Bonchev–Trinajstić information content (AvgIpc) is 3.30. The van der Waals surface area contributed by atoms with Crippen molar-refractivity contribution in [2.45, 2.75) is 6.42 Å². The van der Waals surface area contributed by atoms with Crippen molar-refractivity contribution in [2.75, 3.05) is 23.8 Å². The molecule has 10 heteroatoms. The number of nitrogens with one attached hydrogen (secondary N) is 3. The van der Waals surface area contributed by atoms with E-state index >= 15 is 0 Å². The molecule has 4 N–H and O–H groups in total. The van der Waals surface area contributed by atoms with Crippen LogP contribution in [0.1, 0.15) is 5.56 Å². The highest BCUT2D eigenvalue weighted by atomic mass is 35.5. The van der Waals surface area contributed by atoms with Crippen LogP contribution in [0.3, 0.4) is 0 Å². The molecule has 0 aliphatic carbocycles. The van der Waals surface area contributed by atoms with Crippen LogP contribution in [-0.4, -0.2) is 40.0 Å². The monoisotopic (exact) mass is 523 g/mol. The fourth-order valence-corrected chi connectivity index (χ4v) is 3.83. The van der Waals surface area contributed by atoms with Gasteiger partial charge in [0.2, 0.25) is 5.91 Å². The Morgan fingerprint density at radius 3 is 2.39 bits per heavy atom. The van der Waals surface area contributed by atoms with E-state index in [9.17, 15) is 9.59 Å². The summed E-state index contributed by atoms with van der Waals surface area (Å²) in [6.45, 7) is 0.102. The number of hydrogen-bond acceptors (Lipinski definition) is 4. The minimum Gasteiger partial charge on any atom is -0.395 e. The maximum Gasteiger partial charge on any atom is 0.324 e. The Hall–Kier alpha value is -3.85. The third kappa shape index (κ3) is 6.23. The van der Waals surface area contributed by atoms with Crippen molar-refractivity contribution in [3.8, 4) is 16.9 Å². The summed E-state index contributed by atoms with van der Waals surface area (Å²) in [6, 6.07) is 23.1. The fourth-order valence-electron chi connectivity index (χ4n) is 3.49. The Morgan fingerprint density at radius 2 is 1.67 bits per heavy atom. The highest BCUT2D eigenvalue weighted by molar-refractivity contribution is 6.44. The first-order valence-electron chi connectivity index (χ1n) is 11.1. The van der Waals surface area contributed by atoms with Crippen molar-refractivity contribution in [1.82, 2.24) is 15.1 Å². The Kier molecular flexibility index (Phi) is 8.22. The van der Waals surface area contributed by atoms with Crippen LogP contribution in [0.5, 0.6) is 0 Å². The smallest absolute Gasteiger partial charge is 0.324 e. The molecule has 0 radical (unpaired) electrons. The summed E-state index contributed by atoms with van der Waals surface area (Å²) in [4.78, 5) is 24.8. The second-order valence-electron chi connectivity index (χ2n) is 7.79. The molecule has 1 aromatic heterocycles. The zero-order chi connectivity index (χ0) is 25.5. The van der Waals surface area contributed by atoms with Crippen LogP contribution in [0.2, 0.25) is 10.0 Å². The molecule has 8 nitrogen and oxygen atoms in total. The number of benzene rings is 3. The van der Waals surface area contributed by atoms with Crippen LogP contribution in [0, 0.1) is 0 Å². The van der Waals surface area contributed by atoms with Gasteiger partial charge in [0.15, 0.2) is 0 Å². The number of anilines is 2. The lowest BCUT2D eigenvalue weighted by atomic mass is 10.1. The van der Waals surface area contributed by atoms with Crippen molar-refractivity contribution in [1.29, 1.82) is 0 Å². The highest BCUT2D eigenvalue weighted by Crippen LogP contribution is 2.30. The molecule has 0 atom stereocenters. The molecule has 1 heterocycles. The number of hydrogen-bond donors (Lipinski definition) is 4. The van der Waals surface area contributed by atoms with Crippen molar-refractivity contribution >= 4 is 46.6 Å². The van der Waals surface area contributed by atoms with Crippen molar-refractivity contribution in [2.24, 2.45) is 0 Å². The molecule has 36 heavy (non-hydrogen) atoms. The summed E-state index contributed by atoms with van der Waals surface area (Å²) in [7, 11) is 0. The molecule has 0 fully saturated rings. The van der Waals surface area contributed by atoms with Gasteiger partial charge in [-0.2, -0.15) is 5.10 Å². The molecule has 0 aliphatic heterocycles. The van der Waals surface area contributed by atoms with Gasteiger partial charge in [0.25, 0.3) is 0 Å². The van der Waals surface area contributed by atoms with E-state index in [0.29, 0.717) is 27.9 Å². The third-order valence-electron chi connectivity index (χ3n) is 5.20. The second kappa shape index (κ2) is 11.7. The summed E-state index contributed by atoms with van der Waals surface area (Å²) in [5, 5.41) is 22.3. The van der Waals surface area contributed by atoms with E-state index in [1.807, 2.05) is 54.6 Å². The Bertz CT molecular complexity index is 1360. The van der Waals surface area contributed by atoms with Crippen molar-refractivity contribution < 1.29 is 14.7 Å². The van der Waals surface area contributed by atoms with E-state index in [-0.39, 0.29) is 30.5 Å². The largest absolute Gasteiger partial charge is 0.395 e. The zero-order valence-electron chi connectivity index (χ0n) is 19.0. The number of rotatable bonds is 8. The topological polar surface area (TPSA) is 108 Å². The van der Waals surface area contributed by atoms with Gasteiger partial charge in [-0.25, -0.2) is 9.48 Å². The normalized spacial score (nSPS) is 10.6. The number of carbonyl (C=O) groups is 2. The maximum absolute atomic E-state index is 12.8. The first-order chi connectivity index (χ1) is 17.4. The lowest BCUT2D eigenvalue weighted by Crippen LogP contribution is -2.27. The van der Waals surface area contributed by atoms with Crippen LogP contribution >= 0.6 is 23.2 Å². The van der Waals surface area contributed by atoms with E-state index in [2.05, 4.69) is 16.0 Å². The Balaban J connectivity index is 1.59. The number of halogens is 2. The van der Waals surface area contributed by atoms with Crippen LogP contribution in [-0.2, 0) is 11.2 Å². The molecule has 0 spiro atoms. The number of aliphatic hydroxyl groups excluding tert-OH is 1. The van der Waals surface area contributed by atoms with Gasteiger partial charge in [-0.1, -0.05) is 71.7 Å². The second-order valence-corrected chi connectivity index (χ2v) is 8.58. The number of aliphatic hydroxyl groups is 1. The fraction of sp³-hybridized carbons (Fsp3) is 0.115. The van der Waals surface area contributed by atoms with Crippen molar-refractivity contribution in [3.63, 3.8) is 0 Å². The summed E-state index contributed by atoms with van der Waals surface area (Å²) in [5.41, 5.74) is 3.41. The molecular weight excluding hydrogens is 501 g/mol. The summed E-state index contributed by atoms with van der Waals surface area (Å²) in [5.74, 6) is 0.249. The van der Waals surface area contributed by atoms with Crippen LogP contribution < -0.4 is 16.0 Å². The predicted molar refractivity (Wildman–Crippen MR) is 142 cm³/mol. The molecule has 0 bridgehead atoms. The van der Waals surface area contributed by atoms with Crippen LogP contribution in [0.25, 0.3) is 16.9 Å². The summed E-state index contributed by atoms with van der Waals surface area (Å²) >= 11 is 12.2. The van der Waals surface area contributed by atoms with Gasteiger partial charge in [0, 0.05) is 18.2 Å². The standard InChI is InChI=1S/C26H23Cl2N5O3/c27-20-7-4-8-21(25(20)28)30-26(36)31-23-16-22(18-5-2-1-3-6-18)32-33(23)19-11-9-17(10-12-19)15-24(35)29-13-14-34/h1-12,16,34H,13-15H2,(H,29,35)(H2,30,31,36). The number of nitrogens with zero attached hydrogens (tertiary/aromatic N) is 2. The molecule has 3 aromatic carbocycles. The number of amides is 3. The average molecular weight is 524 g/mol. The summed E-state index contributed by atoms with van der Waals surface area (Å²) in [6.07, 6.45) is 0.183. The highest BCUT2D eigenvalue weighted by Gasteiger charge is 2.15. The first kappa shape index (κ1) is 25.2.